The summed E-state index contributed by atoms with van der Waals surface area (Å²) in [5, 5.41) is 0. The Labute approximate surface area is 134 Å². The van der Waals surface area contributed by atoms with Crippen LogP contribution < -0.4 is 0 Å². The lowest BCUT2D eigenvalue weighted by Gasteiger charge is -2.16. The smallest absolute Gasteiger partial charge is 0.324 e. The van der Waals surface area contributed by atoms with E-state index in [1.807, 2.05) is 27.7 Å². The van der Waals surface area contributed by atoms with Gasteiger partial charge in [0.05, 0.1) is 12.2 Å². The zero-order valence-electron chi connectivity index (χ0n) is 14.3. The van der Waals surface area contributed by atoms with E-state index in [9.17, 15) is 9.13 Å². The molecule has 136 valence electrons. The van der Waals surface area contributed by atoms with Gasteiger partial charge in [-0.05, 0) is 25.7 Å². The number of hydrogen-bond donors (Lipinski definition) is 3. The summed E-state index contributed by atoms with van der Waals surface area (Å²) in [6, 6.07) is 0. The molecule has 0 spiro atoms. The van der Waals surface area contributed by atoms with Crippen molar-refractivity contribution in [2.45, 2.75) is 78.4 Å². The van der Waals surface area contributed by atoms with Gasteiger partial charge >= 0.3 is 15.4 Å². The molecule has 0 aromatic rings. The lowest BCUT2D eigenvalue weighted by atomic mass is 10.2. The van der Waals surface area contributed by atoms with Crippen LogP contribution in [0.2, 0.25) is 0 Å². The second kappa shape index (κ2) is 12.7. The van der Waals surface area contributed by atoms with Gasteiger partial charge in [0.2, 0.25) is 0 Å². The molecule has 0 heterocycles. The van der Waals surface area contributed by atoms with Crippen molar-refractivity contribution in [2.75, 3.05) is 6.66 Å². The Morgan fingerprint density at radius 3 is 1.41 bits per heavy atom. The summed E-state index contributed by atoms with van der Waals surface area (Å²) in [4.78, 5) is 25.7. The van der Waals surface area contributed by atoms with E-state index in [1.54, 1.807) is 0 Å². The quantitative estimate of drug-likeness (QED) is 0.502. The highest BCUT2D eigenvalue weighted by atomic mass is 31.2. The van der Waals surface area contributed by atoms with Crippen LogP contribution in [0.25, 0.3) is 0 Å². The van der Waals surface area contributed by atoms with E-state index in [2.05, 4.69) is 4.52 Å². The van der Waals surface area contributed by atoms with Crippen molar-refractivity contribution >= 4 is 15.4 Å². The predicted octanol–water partition coefficient (Wildman–Crippen LogP) is 4.07. The third-order valence-electron chi connectivity index (χ3n) is 2.76. The minimum absolute atomic E-state index is 0.0548. The Bertz CT molecular complexity index is 316. The molecule has 0 aromatic heterocycles. The molecular weight excluding hydrogens is 330 g/mol. The maximum Gasteiger partial charge on any atom is 0.469 e. The van der Waals surface area contributed by atoms with Gasteiger partial charge in [-0.1, -0.05) is 40.5 Å². The highest BCUT2D eigenvalue weighted by Gasteiger charge is 2.19. The Hall–Kier alpha value is 0.260. The minimum Gasteiger partial charge on any atom is -0.324 e. The fourth-order valence-electron chi connectivity index (χ4n) is 1.78. The summed E-state index contributed by atoms with van der Waals surface area (Å²) in [5.74, 6) is 0. The molecule has 0 aliphatic carbocycles. The minimum atomic E-state index is -4.27. The Morgan fingerprint density at radius 2 is 1.18 bits per heavy atom. The first kappa shape index (κ1) is 24.5. The molecule has 3 unspecified atom stereocenters. The van der Waals surface area contributed by atoms with E-state index in [0.717, 1.165) is 25.7 Å². The molecule has 0 saturated heterocycles. The van der Waals surface area contributed by atoms with Gasteiger partial charge in [-0.15, -0.1) is 0 Å². The van der Waals surface area contributed by atoms with E-state index < -0.39 is 15.4 Å². The van der Waals surface area contributed by atoms with Gasteiger partial charge in [-0.3, -0.25) is 9.09 Å². The molecule has 3 N–H and O–H groups in total. The maximum absolute atomic E-state index is 10.8. The van der Waals surface area contributed by atoms with Crippen LogP contribution in [0.15, 0.2) is 0 Å². The molecule has 0 aliphatic heterocycles. The number of rotatable bonds is 10. The third kappa shape index (κ3) is 18.3. The van der Waals surface area contributed by atoms with E-state index >= 15 is 0 Å². The lowest BCUT2D eigenvalue weighted by molar-refractivity contribution is 0.123. The molecule has 9 heteroatoms. The van der Waals surface area contributed by atoms with Crippen LogP contribution in [0.3, 0.4) is 0 Å². The van der Waals surface area contributed by atoms with Crippen molar-refractivity contribution in [1.82, 2.24) is 0 Å². The van der Waals surface area contributed by atoms with Gasteiger partial charge < -0.3 is 19.2 Å². The molecule has 0 radical (unpaired) electrons. The largest absolute Gasteiger partial charge is 0.469 e. The molecule has 0 amide bonds. The summed E-state index contributed by atoms with van der Waals surface area (Å²) in [6.45, 7) is 9.01. The van der Waals surface area contributed by atoms with Gasteiger partial charge in [-0.2, -0.15) is 0 Å². The van der Waals surface area contributed by atoms with Gasteiger partial charge in [0.25, 0.3) is 0 Å². The average molecular weight is 362 g/mol. The van der Waals surface area contributed by atoms with Gasteiger partial charge in [0.1, 0.15) is 0 Å². The first-order valence-corrected chi connectivity index (χ1v) is 11.3. The molecule has 0 saturated carbocycles. The SMILES string of the molecule is CCCC(CC)OP(=O)(O)O.CCCC(CC)OP(C)(=O)O. The van der Waals surface area contributed by atoms with Crippen LogP contribution in [0.4, 0.5) is 0 Å². The molecule has 0 aromatic carbocycles. The topological polar surface area (TPSA) is 113 Å². The van der Waals surface area contributed by atoms with Crippen molar-refractivity contribution < 1.29 is 32.9 Å². The van der Waals surface area contributed by atoms with Gasteiger partial charge in [-0.25, -0.2) is 4.57 Å². The van der Waals surface area contributed by atoms with Crippen molar-refractivity contribution in [1.29, 1.82) is 0 Å². The van der Waals surface area contributed by atoms with Crippen LogP contribution in [-0.4, -0.2) is 33.6 Å². The fourth-order valence-corrected chi connectivity index (χ4v) is 3.23. The lowest BCUT2D eigenvalue weighted by Crippen LogP contribution is -2.09. The molecule has 0 aliphatic rings. The normalized spacial score (nSPS) is 17.1. The van der Waals surface area contributed by atoms with Crippen LogP contribution in [0, 0.1) is 0 Å². The zero-order valence-corrected chi connectivity index (χ0v) is 16.1. The van der Waals surface area contributed by atoms with Gasteiger partial charge in [0, 0.05) is 6.66 Å². The summed E-state index contributed by atoms with van der Waals surface area (Å²) < 4.78 is 30.6. The molecule has 0 fully saturated rings. The van der Waals surface area contributed by atoms with Crippen molar-refractivity contribution in [3.05, 3.63) is 0 Å². The second-order valence-electron chi connectivity index (χ2n) is 5.14. The van der Waals surface area contributed by atoms with E-state index in [1.165, 1.54) is 6.66 Å². The summed E-state index contributed by atoms with van der Waals surface area (Å²) in [6.07, 6.45) is 4.49. The van der Waals surface area contributed by atoms with Crippen molar-refractivity contribution in [3.8, 4) is 0 Å². The highest BCUT2D eigenvalue weighted by molar-refractivity contribution is 7.51. The number of hydrogen-bond acceptors (Lipinski definition) is 4. The van der Waals surface area contributed by atoms with E-state index in [-0.39, 0.29) is 12.2 Å². The highest BCUT2D eigenvalue weighted by Crippen LogP contribution is 2.40. The summed E-state index contributed by atoms with van der Waals surface area (Å²) in [7, 11) is -7.54. The zero-order chi connectivity index (χ0) is 17.8. The van der Waals surface area contributed by atoms with Crippen LogP contribution in [-0.2, 0) is 18.2 Å². The first-order valence-electron chi connectivity index (χ1n) is 7.71. The van der Waals surface area contributed by atoms with Crippen LogP contribution in [0.5, 0.6) is 0 Å². The van der Waals surface area contributed by atoms with E-state index in [0.29, 0.717) is 12.8 Å². The third-order valence-corrected chi connectivity index (χ3v) is 4.03. The Kier molecular flexibility index (Phi) is 14.1. The van der Waals surface area contributed by atoms with Crippen LogP contribution in [0.1, 0.15) is 66.2 Å². The van der Waals surface area contributed by atoms with Crippen LogP contribution >= 0.6 is 15.4 Å². The second-order valence-corrected chi connectivity index (χ2v) is 8.15. The molecule has 22 heavy (non-hydrogen) atoms. The molecule has 0 bridgehead atoms. The molecular formula is C13H32O7P2. The Morgan fingerprint density at radius 1 is 0.818 bits per heavy atom. The fraction of sp³-hybridized carbons (Fsp3) is 1.00. The van der Waals surface area contributed by atoms with Crippen molar-refractivity contribution in [2.24, 2.45) is 0 Å². The van der Waals surface area contributed by atoms with Crippen molar-refractivity contribution in [3.63, 3.8) is 0 Å². The predicted molar refractivity (Wildman–Crippen MR) is 87.9 cm³/mol. The monoisotopic (exact) mass is 362 g/mol. The molecule has 7 nitrogen and oxygen atoms in total. The van der Waals surface area contributed by atoms with E-state index in [4.69, 9.17) is 19.2 Å². The standard InChI is InChI=1S/C7H17O3P.C6H15O4P/c1-4-6-7(5-2)10-11(3,8)9;1-3-5-6(4-2)10-11(7,8)9/h7H,4-6H2,1-3H3,(H,8,9);6H,3-5H2,1-2H3,(H2,7,8,9). The van der Waals surface area contributed by atoms with Gasteiger partial charge in [0.15, 0.2) is 0 Å². The number of phosphoric ester groups is 1. The average Bonchev–Trinajstić information content (AvgIpc) is 2.35. The Balaban J connectivity index is 0. The molecule has 0 rings (SSSR count). The number of phosphoric acid groups is 1. The summed E-state index contributed by atoms with van der Waals surface area (Å²) in [5.41, 5.74) is 0. The first-order chi connectivity index (χ1) is 9.99. The summed E-state index contributed by atoms with van der Waals surface area (Å²) >= 11 is 0. The maximum atomic E-state index is 10.8. The molecule has 3 atom stereocenters.